The standard InChI is InChI=1S/C23H21N5O/c1-17-21(22(29)19-8-4-2-5-9-19)23(26-25-16-18-12-14-24-15-13-18)28(27-17)20-10-6-3-7-11-20/h2-15,21,25H,16H2,1H3. The third kappa shape index (κ3) is 4.06. The second-order valence-electron chi connectivity index (χ2n) is 6.71. The topological polar surface area (TPSA) is 70.0 Å². The van der Waals surface area contributed by atoms with Crippen molar-refractivity contribution in [2.45, 2.75) is 13.5 Å². The lowest BCUT2D eigenvalue weighted by atomic mass is 9.93. The molecule has 0 bridgehead atoms. The van der Waals surface area contributed by atoms with Crippen molar-refractivity contribution in [1.29, 1.82) is 0 Å². The van der Waals surface area contributed by atoms with Crippen LogP contribution in [0.5, 0.6) is 0 Å². The average Bonchev–Trinajstić information content (AvgIpc) is 3.11. The molecule has 0 aliphatic carbocycles. The number of carbonyl (C=O) groups is 1. The van der Waals surface area contributed by atoms with Crippen molar-refractivity contribution in [3.05, 3.63) is 96.3 Å². The molecule has 0 spiro atoms. The molecule has 0 radical (unpaired) electrons. The van der Waals surface area contributed by atoms with E-state index in [-0.39, 0.29) is 5.78 Å². The van der Waals surface area contributed by atoms with Crippen molar-refractivity contribution in [2.24, 2.45) is 16.1 Å². The smallest absolute Gasteiger partial charge is 0.179 e. The van der Waals surface area contributed by atoms with E-state index in [0.29, 0.717) is 23.7 Å². The maximum atomic E-state index is 13.3. The second kappa shape index (κ2) is 8.48. The van der Waals surface area contributed by atoms with E-state index in [1.165, 1.54) is 0 Å². The molecule has 1 aromatic heterocycles. The third-order valence-corrected chi connectivity index (χ3v) is 4.70. The Labute approximate surface area is 169 Å². The van der Waals surface area contributed by atoms with Crippen LogP contribution in [-0.4, -0.2) is 22.3 Å². The highest BCUT2D eigenvalue weighted by Crippen LogP contribution is 2.27. The predicted octanol–water partition coefficient (Wildman–Crippen LogP) is 3.88. The van der Waals surface area contributed by atoms with E-state index in [4.69, 9.17) is 0 Å². The van der Waals surface area contributed by atoms with Crippen LogP contribution in [0.1, 0.15) is 22.8 Å². The number of benzene rings is 2. The first-order chi connectivity index (χ1) is 14.2. The van der Waals surface area contributed by atoms with Crippen molar-refractivity contribution in [3.63, 3.8) is 0 Å². The molecular weight excluding hydrogens is 362 g/mol. The van der Waals surface area contributed by atoms with Gasteiger partial charge in [0.1, 0.15) is 5.92 Å². The van der Waals surface area contributed by atoms with Crippen LogP contribution in [0.2, 0.25) is 0 Å². The molecule has 1 N–H and O–H groups in total. The summed E-state index contributed by atoms with van der Waals surface area (Å²) >= 11 is 0. The number of anilines is 1. The number of carbonyl (C=O) groups excluding carboxylic acids is 1. The van der Waals surface area contributed by atoms with E-state index in [0.717, 1.165) is 11.3 Å². The third-order valence-electron chi connectivity index (χ3n) is 4.70. The number of Topliss-reactive ketones (excluding diaryl/α,β-unsaturated/α-hetero) is 1. The minimum absolute atomic E-state index is 0.0188. The summed E-state index contributed by atoms with van der Waals surface area (Å²) in [6.45, 7) is 2.40. The van der Waals surface area contributed by atoms with Crippen molar-refractivity contribution in [3.8, 4) is 0 Å². The zero-order valence-corrected chi connectivity index (χ0v) is 16.1. The number of para-hydroxylation sites is 1. The van der Waals surface area contributed by atoms with Crippen molar-refractivity contribution in [2.75, 3.05) is 5.01 Å². The monoisotopic (exact) mass is 383 g/mol. The fraction of sp³-hybridized carbons (Fsp3) is 0.130. The summed E-state index contributed by atoms with van der Waals surface area (Å²) < 4.78 is 0. The van der Waals surface area contributed by atoms with Gasteiger partial charge < -0.3 is 5.43 Å². The molecule has 1 aliphatic rings. The summed E-state index contributed by atoms with van der Waals surface area (Å²) in [6.07, 6.45) is 3.48. The van der Waals surface area contributed by atoms with E-state index in [1.807, 2.05) is 79.7 Å². The van der Waals surface area contributed by atoms with Gasteiger partial charge in [0.05, 0.1) is 17.9 Å². The van der Waals surface area contributed by atoms with Gasteiger partial charge in [-0.3, -0.25) is 9.78 Å². The number of aromatic nitrogens is 1. The van der Waals surface area contributed by atoms with Gasteiger partial charge in [0.25, 0.3) is 0 Å². The molecule has 0 amide bonds. The molecule has 6 nitrogen and oxygen atoms in total. The molecule has 0 saturated heterocycles. The number of hydrogen-bond acceptors (Lipinski definition) is 5. The number of amidine groups is 1. The van der Waals surface area contributed by atoms with Crippen LogP contribution in [0, 0.1) is 5.92 Å². The lowest BCUT2D eigenvalue weighted by molar-refractivity contribution is 0.0979. The van der Waals surface area contributed by atoms with E-state index in [9.17, 15) is 4.79 Å². The van der Waals surface area contributed by atoms with Gasteiger partial charge in [0, 0.05) is 18.0 Å². The van der Waals surface area contributed by atoms with Gasteiger partial charge in [-0.15, -0.1) is 0 Å². The Morgan fingerprint density at radius 1 is 1.00 bits per heavy atom. The highest BCUT2D eigenvalue weighted by molar-refractivity contribution is 6.31. The molecule has 1 atom stereocenters. The summed E-state index contributed by atoms with van der Waals surface area (Å²) in [5.41, 5.74) is 6.36. The summed E-state index contributed by atoms with van der Waals surface area (Å²) in [7, 11) is 0. The zero-order chi connectivity index (χ0) is 20.1. The Bertz CT molecular complexity index is 1030. The van der Waals surface area contributed by atoms with Crippen LogP contribution in [0.4, 0.5) is 5.69 Å². The lowest BCUT2D eigenvalue weighted by Gasteiger charge is -2.18. The fourth-order valence-corrected chi connectivity index (χ4v) is 3.24. The van der Waals surface area contributed by atoms with Crippen molar-refractivity contribution in [1.82, 2.24) is 10.4 Å². The Balaban J connectivity index is 1.66. The van der Waals surface area contributed by atoms with Crippen LogP contribution < -0.4 is 10.4 Å². The van der Waals surface area contributed by atoms with Gasteiger partial charge in [-0.2, -0.15) is 10.2 Å². The molecule has 0 saturated carbocycles. The van der Waals surface area contributed by atoms with Gasteiger partial charge >= 0.3 is 0 Å². The number of hydrogen-bond donors (Lipinski definition) is 1. The number of pyridine rings is 1. The Hall–Kier alpha value is -3.80. The number of nitrogens with one attached hydrogen (secondary N) is 1. The van der Waals surface area contributed by atoms with Crippen molar-refractivity contribution >= 4 is 23.0 Å². The lowest BCUT2D eigenvalue weighted by Crippen LogP contribution is -2.34. The molecular formula is C23H21N5O. The zero-order valence-electron chi connectivity index (χ0n) is 16.1. The van der Waals surface area contributed by atoms with Crippen LogP contribution in [-0.2, 0) is 6.54 Å². The number of ketones is 1. The Kier molecular flexibility index (Phi) is 5.42. The maximum Gasteiger partial charge on any atom is 0.179 e. The minimum atomic E-state index is -0.539. The molecule has 1 unspecified atom stereocenters. The molecule has 0 fully saturated rings. The number of hydrazone groups is 2. The molecule has 4 rings (SSSR count). The summed E-state index contributed by atoms with van der Waals surface area (Å²) in [5, 5.41) is 11.0. The van der Waals surface area contributed by atoms with Crippen LogP contribution >= 0.6 is 0 Å². The molecule has 29 heavy (non-hydrogen) atoms. The SMILES string of the molecule is CC1=NN(c2ccccc2)C(=NNCc2ccncc2)C1C(=O)c1ccccc1. The fourth-order valence-electron chi connectivity index (χ4n) is 3.24. The maximum absolute atomic E-state index is 13.3. The van der Waals surface area contributed by atoms with E-state index < -0.39 is 5.92 Å². The largest absolute Gasteiger partial charge is 0.304 e. The highest BCUT2D eigenvalue weighted by atomic mass is 16.1. The minimum Gasteiger partial charge on any atom is -0.304 e. The molecule has 144 valence electrons. The van der Waals surface area contributed by atoms with E-state index in [2.05, 4.69) is 20.6 Å². The van der Waals surface area contributed by atoms with Gasteiger partial charge in [0.2, 0.25) is 0 Å². The molecule has 1 aliphatic heterocycles. The molecule has 3 aromatic rings. The molecule has 2 heterocycles. The van der Waals surface area contributed by atoms with Crippen LogP contribution in [0.25, 0.3) is 0 Å². The summed E-state index contributed by atoms with van der Waals surface area (Å²) in [6, 6.07) is 22.8. The van der Waals surface area contributed by atoms with Crippen LogP contribution in [0.3, 0.4) is 0 Å². The Morgan fingerprint density at radius 2 is 1.66 bits per heavy atom. The first-order valence-electron chi connectivity index (χ1n) is 9.43. The van der Waals surface area contributed by atoms with Crippen molar-refractivity contribution < 1.29 is 4.79 Å². The Morgan fingerprint density at radius 3 is 2.34 bits per heavy atom. The average molecular weight is 383 g/mol. The molecule has 6 heteroatoms. The first-order valence-corrected chi connectivity index (χ1v) is 9.43. The highest BCUT2D eigenvalue weighted by Gasteiger charge is 2.38. The predicted molar refractivity (Wildman–Crippen MR) is 115 cm³/mol. The van der Waals surface area contributed by atoms with E-state index >= 15 is 0 Å². The van der Waals surface area contributed by atoms with Gasteiger partial charge in [-0.25, -0.2) is 5.01 Å². The summed E-state index contributed by atoms with van der Waals surface area (Å²) in [4.78, 5) is 17.3. The number of rotatable bonds is 6. The second-order valence-corrected chi connectivity index (χ2v) is 6.71. The van der Waals surface area contributed by atoms with E-state index in [1.54, 1.807) is 17.4 Å². The molecule has 2 aromatic carbocycles. The summed E-state index contributed by atoms with van der Waals surface area (Å²) in [5.74, 6) is 0.00824. The normalized spacial score (nSPS) is 17.3. The quantitative estimate of drug-likeness (QED) is 0.518. The first kappa shape index (κ1) is 18.6. The number of nitrogens with zero attached hydrogens (tertiary/aromatic N) is 4. The van der Waals surface area contributed by atoms with Gasteiger partial charge in [0.15, 0.2) is 11.6 Å². The van der Waals surface area contributed by atoms with Gasteiger partial charge in [-0.05, 0) is 36.8 Å². The van der Waals surface area contributed by atoms with Crippen LogP contribution in [0.15, 0.2) is 95.4 Å². The van der Waals surface area contributed by atoms with Gasteiger partial charge in [-0.1, -0.05) is 48.5 Å².